The quantitative estimate of drug-likeness (QED) is 0.428. The van der Waals surface area contributed by atoms with E-state index in [-0.39, 0.29) is 46.1 Å². The third-order valence-electron chi connectivity index (χ3n) is 4.48. The molecule has 5 N–H and O–H groups in total. The smallest absolute Gasteiger partial charge is 0.348 e. The van der Waals surface area contributed by atoms with Gasteiger partial charge in [0.25, 0.3) is 11.8 Å². The van der Waals surface area contributed by atoms with E-state index in [2.05, 4.69) is 20.8 Å². The molecule has 1 aromatic carbocycles. The molecule has 0 saturated carbocycles. The van der Waals surface area contributed by atoms with E-state index in [1.807, 2.05) is 0 Å². The van der Waals surface area contributed by atoms with Gasteiger partial charge in [-0.25, -0.2) is 9.24 Å². The van der Waals surface area contributed by atoms with E-state index in [9.17, 15) is 23.9 Å². The van der Waals surface area contributed by atoms with Crippen LogP contribution in [0.1, 0.15) is 33.7 Å². The topological polar surface area (TPSA) is 148 Å². The lowest BCUT2D eigenvalue weighted by Gasteiger charge is -2.32. The van der Waals surface area contributed by atoms with Crippen molar-refractivity contribution in [2.24, 2.45) is 0 Å². The first-order valence-electron chi connectivity index (χ1n) is 8.57. The van der Waals surface area contributed by atoms with E-state index in [1.165, 1.54) is 18.3 Å². The third-order valence-corrected chi connectivity index (χ3v) is 6.25. The summed E-state index contributed by atoms with van der Waals surface area (Å²) in [5.74, 6) is -1.09. The molecule has 13 heteroatoms. The van der Waals surface area contributed by atoms with Gasteiger partial charge in [0.1, 0.15) is 5.69 Å². The Morgan fingerprint density at radius 3 is 2.38 bits per heavy atom. The molecule has 10 nitrogen and oxygen atoms in total. The van der Waals surface area contributed by atoms with Crippen molar-refractivity contribution in [3.63, 3.8) is 0 Å². The Balaban J connectivity index is 1.65. The fourth-order valence-electron chi connectivity index (χ4n) is 2.98. The van der Waals surface area contributed by atoms with Crippen LogP contribution < -0.4 is 10.6 Å². The van der Waals surface area contributed by atoms with Crippen LogP contribution in [0.25, 0.3) is 0 Å². The lowest BCUT2D eigenvalue weighted by Crippen LogP contribution is -2.43. The zero-order valence-corrected chi connectivity index (χ0v) is 17.3. The van der Waals surface area contributed by atoms with Crippen molar-refractivity contribution < 1.29 is 23.9 Å². The minimum Gasteiger partial charge on any atom is -0.348 e. The fraction of sp³-hybridized carbons (Fsp3) is 0.312. The van der Waals surface area contributed by atoms with Crippen LogP contribution in [-0.2, 0) is 4.57 Å². The van der Waals surface area contributed by atoms with Crippen LogP contribution in [0.5, 0.6) is 0 Å². The number of carbonyl (C=O) groups excluding carboxylic acids is 2. The maximum atomic E-state index is 12.6. The Bertz CT molecular complexity index is 950. The number of aromatic nitrogens is 2. The first-order chi connectivity index (χ1) is 13.7. The van der Waals surface area contributed by atoms with E-state index >= 15 is 0 Å². The molecule has 1 aromatic heterocycles. The van der Waals surface area contributed by atoms with Gasteiger partial charge in [-0.2, -0.15) is 5.10 Å². The van der Waals surface area contributed by atoms with Crippen LogP contribution in [0.4, 0.5) is 5.69 Å². The highest BCUT2D eigenvalue weighted by molar-refractivity contribution is 7.49. The lowest BCUT2D eigenvalue weighted by molar-refractivity contribution is 0.0917. The number of amides is 2. The summed E-state index contributed by atoms with van der Waals surface area (Å²) in [5.41, 5.74) is 0.267. The van der Waals surface area contributed by atoms with Crippen LogP contribution in [-0.4, -0.2) is 55.6 Å². The Kier molecular flexibility index (Phi) is 6.62. The molecule has 2 heterocycles. The molecule has 0 spiro atoms. The molecule has 0 radical (unpaired) electrons. The summed E-state index contributed by atoms with van der Waals surface area (Å²) in [4.78, 5) is 43.5. The van der Waals surface area contributed by atoms with E-state index < -0.39 is 19.6 Å². The fourth-order valence-corrected chi connectivity index (χ4v) is 4.30. The molecule has 156 valence electrons. The van der Waals surface area contributed by atoms with Gasteiger partial charge in [0, 0.05) is 19.1 Å². The number of H-pyrrole nitrogens is 1. The monoisotopic (exact) mass is 461 g/mol. The third kappa shape index (κ3) is 5.16. The lowest BCUT2D eigenvalue weighted by atomic mass is 10.1. The van der Waals surface area contributed by atoms with Gasteiger partial charge in [-0.15, -0.1) is 0 Å². The van der Waals surface area contributed by atoms with Crippen molar-refractivity contribution in [2.45, 2.75) is 18.9 Å². The summed E-state index contributed by atoms with van der Waals surface area (Å²) in [6.07, 6.45) is 2.04. The average molecular weight is 462 g/mol. The van der Waals surface area contributed by atoms with Gasteiger partial charge in [0.05, 0.1) is 27.5 Å². The van der Waals surface area contributed by atoms with Crippen LogP contribution >= 0.6 is 30.9 Å². The Labute approximate surface area is 175 Å². The Hall–Kier alpha value is -1.94. The molecule has 1 fully saturated rings. The molecule has 29 heavy (non-hydrogen) atoms. The van der Waals surface area contributed by atoms with E-state index in [0.29, 0.717) is 12.8 Å². The van der Waals surface area contributed by atoms with E-state index in [4.69, 9.17) is 23.2 Å². The van der Waals surface area contributed by atoms with Gasteiger partial charge in [-0.3, -0.25) is 14.7 Å². The molecule has 1 saturated heterocycles. The second-order valence-corrected chi connectivity index (χ2v) is 8.83. The van der Waals surface area contributed by atoms with Crippen molar-refractivity contribution in [3.8, 4) is 0 Å². The van der Waals surface area contributed by atoms with E-state index in [0.717, 1.165) is 4.67 Å². The average Bonchev–Trinajstić information content (AvgIpc) is 3.09. The van der Waals surface area contributed by atoms with Gasteiger partial charge < -0.3 is 20.4 Å². The first kappa shape index (κ1) is 21.8. The van der Waals surface area contributed by atoms with Gasteiger partial charge in [-0.1, -0.05) is 29.3 Å². The summed E-state index contributed by atoms with van der Waals surface area (Å²) < 4.78 is 12.3. The number of benzene rings is 1. The highest BCUT2D eigenvalue weighted by Gasteiger charge is 2.31. The number of rotatable bonds is 5. The van der Waals surface area contributed by atoms with Crippen LogP contribution in [0.3, 0.4) is 0 Å². The van der Waals surface area contributed by atoms with Crippen molar-refractivity contribution in [2.75, 3.05) is 18.4 Å². The number of anilines is 1. The van der Waals surface area contributed by atoms with Gasteiger partial charge >= 0.3 is 7.75 Å². The number of aromatic amines is 1. The zero-order chi connectivity index (χ0) is 21.2. The number of nitrogens with one attached hydrogen (secondary N) is 3. The van der Waals surface area contributed by atoms with Crippen molar-refractivity contribution in [1.29, 1.82) is 0 Å². The molecule has 2 aromatic rings. The second kappa shape index (κ2) is 8.83. The number of carbonyl (C=O) groups is 2. The number of nitrogens with zero attached hydrogens (tertiary/aromatic N) is 2. The predicted octanol–water partition coefficient (Wildman–Crippen LogP) is 2.26. The maximum Gasteiger partial charge on any atom is 0.402 e. The Morgan fingerprint density at radius 2 is 1.79 bits per heavy atom. The molecule has 1 aliphatic heterocycles. The highest BCUT2D eigenvalue weighted by atomic mass is 35.5. The molecular weight excluding hydrogens is 444 g/mol. The summed E-state index contributed by atoms with van der Waals surface area (Å²) in [5, 5.41) is 12.0. The summed E-state index contributed by atoms with van der Waals surface area (Å²) in [7, 11) is -4.28. The largest absolute Gasteiger partial charge is 0.402 e. The molecule has 0 unspecified atom stereocenters. The maximum absolute atomic E-state index is 12.6. The molecule has 0 bridgehead atoms. The highest BCUT2D eigenvalue weighted by Crippen LogP contribution is 2.41. The normalized spacial score (nSPS) is 15.9. The summed E-state index contributed by atoms with van der Waals surface area (Å²) >= 11 is 12.1. The molecule has 2 amide bonds. The van der Waals surface area contributed by atoms with Crippen molar-refractivity contribution >= 4 is 48.5 Å². The second-order valence-electron chi connectivity index (χ2n) is 6.42. The summed E-state index contributed by atoms with van der Waals surface area (Å²) in [6.45, 7) is 0.319. The van der Waals surface area contributed by atoms with Gasteiger partial charge in [0.15, 0.2) is 0 Å². The predicted molar refractivity (Wildman–Crippen MR) is 107 cm³/mol. The zero-order valence-electron chi connectivity index (χ0n) is 14.9. The molecule has 3 rings (SSSR count). The summed E-state index contributed by atoms with van der Waals surface area (Å²) in [6, 6.07) is 4.39. The van der Waals surface area contributed by atoms with Crippen LogP contribution in [0.2, 0.25) is 10.0 Å². The van der Waals surface area contributed by atoms with Crippen LogP contribution in [0, 0.1) is 0 Å². The Morgan fingerprint density at radius 1 is 1.17 bits per heavy atom. The molecule has 0 atom stereocenters. The number of piperidine rings is 1. The molecular formula is C16H18Cl2N5O5P. The molecule has 1 aliphatic rings. The number of hydrogen-bond acceptors (Lipinski definition) is 4. The molecule has 0 aliphatic carbocycles. The van der Waals surface area contributed by atoms with Gasteiger partial charge in [-0.05, 0) is 25.0 Å². The SMILES string of the molecule is O=C(NC1CCN(P(=O)(O)O)CC1)c1[nH]ncc1NC(=O)c1c(Cl)cccc1Cl. The minimum absolute atomic E-state index is 0.0407. The number of halogens is 2. The standard InChI is InChI=1S/C16H18Cl2N5O5P/c17-10-2-1-3-11(18)13(10)15(24)21-12-8-19-22-14(12)16(25)20-9-4-6-23(7-5-9)29(26,27)28/h1-3,8-9H,4-7H2,(H,19,22)(H,20,25)(H,21,24)(H2,26,27,28). The first-order valence-corrected chi connectivity index (χ1v) is 10.9. The number of hydrogen-bond donors (Lipinski definition) is 5. The van der Waals surface area contributed by atoms with Crippen molar-refractivity contribution in [3.05, 3.63) is 45.7 Å². The minimum atomic E-state index is -4.28. The van der Waals surface area contributed by atoms with Crippen molar-refractivity contribution in [1.82, 2.24) is 20.2 Å². The van der Waals surface area contributed by atoms with Crippen LogP contribution in [0.15, 0.2) is 24.4 Å². The van der Waals surface area contributed by atoms with Gasteiger partial charge in [0.2, 0.25) is 0 Å². The van der Waals surface area contributed by atoms with E-state index in [1.54, 1.807) is 6.07 Å².